The monoisotopic (exact) mass is 368 g/mol. The topological polar surface area (TPSA) is 57.5 Å². The molecule has 2 N–H and O–H groups in total. The molecule has 144 valence electrons. The van der Waals surface area contributed by atoms with Gasteiger partial charge in [0.25, 0.3) is 0 Å². The van der Waals surface area contributed by atoms with E-state index in [0.29, 0.717) is 17.8 Å². The van der Waals surface area contributed by atoms with E-state index in [-0.39, 0.29) is 22.9 Å². The molecule has 25 heavy (non-hydrogen) atoms. The van der Waals surface area contributed by atoms with Gasteiger partial charge < -0.3 is 10.2 Å². The molecule has 8 atom stereocenters. The quantitative estimate of drug-likeness (QED) is 0.759. The van der Waals surface area contributed by atoms with Crippen molar-refractivity contribution in [3.05, 3.63) is 0 Å². The molecule has 0 amide bonds. The molecule has 0 aliphatic heterocycles. The lowest BCUT2D eigenvalue weighted by Crippen LogP contribution is -2.63. The Balaban J connectivity index is 1.99. The van der Waals surface area contributed by atoms with Crippen molar-refractivity contribution in [3.8, 4) is 0 Å². The zero-order valence-electron chi connectivity index (χ0n) is 16.5. The maximum atomic E-state index is 12.1. The van der Waals surface area contributed by atoms with E-state index in [9.17, 15) is 15.0 Å². The molecule has 3 fully saturated rings. The van der Waals surface area contributed by atoms with Gasteiger partial charge in [-0.15, -0.1) is 0 Å². The Morgan fingerprint density at radius 1 is 1.12 bits per heavy atom. The van der Waals surface area contributed by atoms with Gasteiger partial charge in [0.05, 0.1) is 11.5 Å². The smallest absolute Gasteiger partial charge is 0.309 e. The summed E-state index contributed by atoms with van der Waals surface area (Å²) in [6.07, 6.45) is 7.86. The first-order valence-corrected chi connectivity index (χ1v) is 11.4. The van der Waals surface area contributed by atoms with Crippen LogP contribution >= 0.6 is 11.8 Å². The van der Waals surface area contributed by atoms with Gasteiger partial charge >= 0.3 is 5.97 Å². The Morgan fingerprint density at radius 3 is 2.40 bits per heavy atom. The first-order chi connectivity index (χ1) is 11.6. The number of fused-ring (bicyclic) bond motifs is 3. The Kier molecular flexibility index (Phi) is 5.03. The van der Waals surface area contributed by atoms with Crippen LogP contribution in [0, 0.1) is 39.9 Å². The molecular formula is C21H36O3S. The van der Waals surface area contributed by atoms with Crippen LogP contribution in [0.2, 0.25) is 0 Å². The maximum Gasteiger partial charge on any atom is 0.309 e. The van der Waals surface area contributed by atoms with E-state index in [1.807, 2.05) is 18.7 Å². The van der Waals surface area contributed by atoms with Crippen molar-refractivity contribution in [1.82, 2.24) is 0 Å². The van der Waals surface area contributed by atoms with Gasteiger partial charge in [0, 0.05) is 0 Å². The number of hydrogen-bond donors (Lipinski definition) is 2. The highest BCUT2D eigenvalue weighted by Crippen LogP contribution is 2.68. The van der Waals surface area contributed by atoms with Crippen LogP contribution < -0.4 is 0 Å². The Labute approximate surface area is 157 Å². The Hall–Kier alpha value is -0.220. The number of carbonyl (C=O) groups is 1. The zero-order valence-corrected chi connectivity index (χ0v) is 17.4. The summed E-state index contributed by atoms with van der Waals surface area (Å²) in [4.78, 5) is 12.1. The van der Waals surface area contributed by atoms with E-state index in [4.69, 9.17) is 0 Å². The van der Waals surface area contributed by atoms with E-state index < -0.39 is 11.4 Å². The van der Waals surface area contributed by atoms with Gasteiger partial charge in [0.2, 0.25) is 0 Å². The van der Waals surface area contributed by atoms with Crippen molar-refractivity contribution >= 4 is 17.7 Å². The minimum absolute atomic E-state index is 0.0396. The van der Waals surface area contributed by atoms with Crippen LogP contribution in [0.25, 0.3) is 0 Å². The number of aliphatic hydroxyl groups excluding tert-OH is 1. The summed E-state index contributed by atoms with van der Waals surface area (Å²) in [7, 11) is 0. The summed E-state index contributed by atoms with van der Waals surface area (Å²) in [6, 6.07) is 0. The summed E-state index contributed by atoms with van der Waals surface area (Å²) in [5.41, 5.74) is -0.620. The first-order valence-electron chi connectivity index (χ1n) is 10.0. The van der Waals surface area contributed by atoms with Gasteiger partial charge in [-0.1, -0.05) is 27.2 Å². The van der Waals surface area contributed by atoms with Crippen LogP contribution in [-0.4, -0.2) is 34.3 Å². The van der Waals surface area contributed by atoms with Crippen LogP contribution in [-0.2, 0) is 4.79 Å². The number of thioether (sulfide) groups is 1. The average molecular weight is 369 g/mol. The molecule has 3 rings (SSSR count). The van der Waals surface area contributed by atoms with Crippen LogP contribution in [0.1, 0.15) is 66.2 Å². The van der Waals surface area contributed by atoms with Crippen molar-refractivity contribution < 1.29 is 15.0 Å². The molecule has 3 aliphatic rings. The molecule has 0 unspecified atom stereocenters. The molecule has 3 aliphatic carbocycles. The van der Waals surface area contributed by atoms with E-state index >= 15 is 0 Å². The van der Waals surface area contributed by atoms with Crippen molar-refractivity contribution in [2.75, 3.05) is 12.0 Å². The number of aliphatic hydroxyl groups is 1. The van der Waals surface area contributed by atoms with Crippen molar-refractivity contribution in [3.63, 3.8) is 0 Å². The van der Waals surface area contributed by atoms with E-state index in [2.05, 4.69) is 27.0 Å². The zero-order chi connectivity index (χ0) is 18.6. The highest BCUT2D eigenvalue weighted by atomic mass is 32.2. The minimum atomic E-state index is -0.614. The molecule has 0 bridgehead atoms. The summed E-state index contributed by atoms with van der Waals surface area (Å²) < 4.78 is 0. The molecule has 0 spiro atoms. The van der Waals surface area contributed by atoms with Gasteiger partial charge in [-0.25, -0.2) is 0 Å². The van der Waals surface area contributed by atoms with E-state index in [1.54, 1.807) is 0 Å². The summed E-state index contributed by atoms with van der Waals surface area (Å²) in [6.45, 7) is 8.94. The third kappa shape index (κ3) is 2.69. The fourth-order valence-electron chi connectivity index (χ4n) is 7.30. The number of aliphatic carboxylic acids is 1. The van der Waals surface area contributed by atoms with Crippen molar-refractivity contribution in [1.29, 1.82) is 0 Å². The molecule has 3 saturated carbocycles. The summed E-state index contributed by atoms with van der Waals surface area (Å²) in [5.74, 6) is 1.95. The fraction of sp³-hybridized carbons (Fsp3) is 0.952. The Bertz CT molecular complexity index is 537. The first kappa shape index (κ1) is 19.5. The van der Waals surface area contributed by atoms with Crippen LogP contribution in [0.15, 0.2) is 0 Å². The largest absolute Gasteiger partial charge is 0.481 e. The van der Waals surface area contributed by atoms with Gasteiger partial charge in [0.1, 0.15) is 0 Å². The Morgan fingerprint density at radius 2 is 1.80 bits per heavy atom. The molecular weight excluding hydrogens is 332 g/mol. The molecule has 0 aromatic carbocycles. The second-order valence-electron chi connectivity index (χ2n) is 10.0. The van der Waals surface area contributed by atoms with Crippen LogP contribution in [0.4, 0.5) is 0 Å². The maximum absolute atomic E-state index is 12.1. The number of hydrogen-bond acceptors (Lipinski definition) is 3. The van der Waals surface area contributed by atoms with Gasteiger partial charge in [-0.2, -0.15) is 11.8 Å². The van der Waals surface area contributed by atoms with Gasteiger partial charge in [-0.05, 0) is 85.5 Å². The molecule has 0 aromatic heterocycles. The second kappa shape index (κ2) is 6.44. The molecule has 0 aromatic rings. The third-order valence-corrected chi connectivity index (χ3v) is 9.53. The average Bonchev–Trinajstić information content (AvgIpc) is 2.54. The van der Waals surface area contributed by atoms with Gasteiger partial charge in [-0.3, -0.25) is 4.79 Å². The lowest BCUT2D eigenvalue weighted by atomic mass is 9.39. The summed E-state index contributed by atoms with van der Waals surface area (Å²) >= 11 is 1.84. The molecule has 4 heteroatoms. The molecule has 3 nitrogen and oxygen atoms in total. The van der Waals surface area contributed by atoms with Gasteiger partial charge in [0.15, 0.2) is 0 Å². The van der Waals surface area contributed by atoms with E-state index in [0.717, 1.165) is 44.3 Å². The molecule has 0 heterocycles. The number of rotatable bonds is 3. The van der Waals surface area contributed by atoms with Crippen molar-refractivity contribution in [2.24, 2.45) is 39.9 Å². The van der Waals surface area contributed by atoms with Crippen molar-refractivity contribution in [2.45, 2.75) is 72.3 Å². The third-order valence-electron chi connectivity index (χ3n) is 8.81. The fourth-order valence-corrected chi connectivity index (χ4v) is 8.20. The predicted molar refractivity (Wildman–Crippen MR) is 104 cm³/mol. The lowest BCUT2D eigenvalue weighted by Gasteiger charge is -2.66. The van der Waals surface area contributed by atoms with Crippen LogP contribution in [0.5, 0.6) is 0 Å². The lowest BCUT2D eigenvalue weighted by molar-refractivity contribution is -0.212. The second-order valence-corrected chi connectivity index (χ2v) is 10.9. The summed E-state index contributed by atoms with van der Waals surface area (Å²) in [5, 5.41) is 21.3. The normalized spacial score (nSPS) is 53.0. The highest BCUT2D eigenvalue weighted by molar-refractivity contribution is 7.98. The highest BCUT2D eigenvalue weighted by Gasteiger charge is 2.65. The minimum Gasteiger partial charge on any atom is -0.481 e. The van der Waals surface area contributed by atoms with E-state index in [1.165, 1.54) is 0 Å². The molecule has 0 radical (unpaired) electrons. The molecule has 0 saturated heterocycles. The predicted octanol–water partition coefficient (Wildman–Crippen LogP) is 4.68. The SMILES string of the molecule is CSC[C@@H]1[C@@H](O)[C@@]2(C)CC[C@H]3[C@@](C)(CCC[C@@]3(C)C(=O)O)[C@@H]2C[C@@H]1C. The number of carboxylic acids is 1. The standard InChI is InChI=1S/C21H36O3S/c1-13-11-16-19(2)8-6-9-21(4,18(23)24)15(19)7-10-20(16,3)17(22)14(13)12-25-5/h13-17,22H,6-12H2,1-5H3,(H,23,24)/t13-,14-,15-,16-,17+,19+,20-,21+/m0/s1. The number of carboxylic acid groups (broad SMARTS) is 1. The van der Waals surface area contributed by atoms with Crippen LogP contribution in [0.3, 0.4) is 0 Å².